The number of nitrogens with zero attached hydrogens (tertiary/aromatic N) is 1. The van der Waals surface area contributed by atoms with Gasteiger partial charge in [0.15, 0.2) is 5.75 Å². The number of ether oxygens (including phenoxy) is 1. The Hall–Kier alpha value is -1.58. The molecule has 0 bridgehead atoms. The van der Waals surface area contributed by atoms with Crippen LogP contribution in [0.25, 0.3) is 0 Å². The molecule has 0 fully saturated rings. The first kappa shape index (κ1) is 10.5. The topological polar surface area (TPSA) is 52.4 Å². The Morgan fingerprint density at radius 1 is 1.57 bits per heavy atom. The lowest BCUT2D eigenvalue weighted by atomic mass is 10.0. The molecule has 0 aliphatic rings. The summed E-state index contributed by atoms with van der Waals surface area (Å²) in [6.07, 6.45) is 0. The van der Waals surface area contributed by atoms with Gasteiger partial charge in [0.05, 0.1) is 12.0 Å². The monoisotopic (exact) mass is 194 g/mol. The number of nitro benzene ring substituents is 1. The minimum atomic E-state index is -0.454. The quantitative estimate of drug-likeness (QED) is 0.548. The summed E-state index contributed by atoms with van der Waals surface area (Å²) in [5.41, 5.74) is 0.818. The van der Waals surface area contributed by atoms with Crippen molar-refractivity contribution in [2.24, 2.45) is 0 Å². The molecule has 1 unspecified atom stereocenters. The van der Waals surface area contributed by atoms with Crippen LogP contribution < -0.4 is 4.74 Å². The molecule has 1 aromatic rings. The van der Waals surface area contributed by atoms with E-state index in [1.807, 2.05) is 6.92 Å². The predicted octanol–water partition coefficient (Wildman–Crippen LogP) is 2.54. The van der Waals surface area contributed by atoms with E-state index in [4.69, 9.17) is 4.74 Å². The first-order valence-electron chi connectivity index (χ1n) is 4.21. The van der Waals surface area contributed by atoms with Gasteiger partial charge in [0.25, 0.3) is 0 Å². The summed E-state index contributed by atoms with van der Waals surface area (Å²) in [6, 6.07) is 4.87. The van der Waals surface area contributed by atoms with Gasteiger partial charge in [-0.2, -0.15) is 0 Å². The number of rotatable bonds is 3. The van der Waals surface area contributed by atoms with Gasteiger partial charge in [-0.1, -0.05) is 13.0 Å². The fraction of sp³-hybridized carbons (Fsp3) is 0.300. The lowest BCUT2D eigenvalue weighted by molar-refractivity contribution is -0.385. The van der Waals surface area contributed by atoms with Gasteiger partial charge < -0.3 is 4.74 Å². The summed E-state index contributed by atoms with van der Waals surface area (Å²) < 4.78 is 4.88. The highest BCUT2D eigenvalue weighted by Gasteiger charge is 2.15. The van der Waals surface area contributed by atoms with Crippen molar-refractivity contribution in [1.29, 1.82) is 0 Å². The summed E-state index contributed by atoms with van der Waals surface area (Å²) >= 11 is 0. The molecule has 1 rings (SSSR count). The van der Waals surface area contributed by atoms with Crippen LogP contribution in [-0.2, 0) is 0 Å². The SMILES string of the molecule is [CH2]C(C)c1ccc(OC)c([N+](=O)[O-])c1. The van der Waals surface area contributed by atoms with Gasteiger partial charge in [-0.3, -0.25) is 10.1 Å². The number of hydrogen-bond donors (Lipinski definition) is 0. The zero-order chi connectivity index (χ0) is 10.7. The number of hydrogen-bond acceptors (Lipinski definition) is 3. The molecule has 1 aromatic carbocycles. The van der Waals surface area contributed by atoms with E-state index in [0.29, 0.717) is 0 Å². The number of methoxy groups -OCH3 is 1. The Morgan fingerprint density at radius 2 is 2.21 bits per heavy atom. The molecule has 14 heavy (non-hydrogen) atoms. The molecule has 0 aliphatic heterocycles. The third kappa shape index (κ3) is 2.02. The first-order chi connectivity index (χ1) is 6.56. The average molecular weight is 194 g/mol. The van der Waals surface area contributed by atoms with Gasteiger partial charge in [-0.15, -0.1) is 0 Å². The second-order valence-corrected chi connectivity index (χ2v) is 3.09. The van der Waals surface area contributed by atoms with Crippen LogP contribution in [0.4, 0.5) is 5.69 Å². The van der Waals surface area contributed by atoms with Crippen LogP contribution in [-0.4, -0.2) is 12.0 Å². The summed E-state index contributed by atoms with van der Waals surface area (Å²) in [5, 5.41) is 10.7. The molecule has 0 saturated heterocycles. The summed E-state index contributed by atoms with van der Waals surface area (Å²) in [6.45, 7) is 5.68. The lowest BCUT2D eigenvalue weighted by Crippen LogP contribution is -1.96. The highest BCUT2D eigenvalue weighted by molar-refractivity contribution is 5.49. The van der Waals surface area contributed by atoms with E-state index in [-0.39, 0.29) is 17.4 Å². The van der Waals surface area contributed by atoms with E-state index < -0.39 is 4.92 Å². The zero-order valence-corrected chi connectivity index (χ0v) is 8.19. The molecular weight excluding hydrogens is 182 g/mol. The lowest BCUT2D eigenvalue weighted by Gasteiger charge is -2.06. The van der Waals surface area contributed by atoms with Gasteiger partial charge in [-0.25, -0.2) is 0 Å². The molecular formula is C10H12NO3. The van der Waals surface area contributed by atoms with Crippen molar-refractivity contribution < 1.29 is 9.66 Å². The molecule has 4 nitrogen and oxygen atoms in total. The zero-order valence-electron chi connectivity index (χ0n) is 8.19. The Bertz CT molecular complexity index is 347. The summed E-state index contributed by atoms with van der Waals surface area (Å²) in [7, 11) is 1.41. The van der Waals surface area contributed by atoms with Crippen molar-refractivity contribution >= 4 is 5.69 Å². The maximum atomic E-state index is 10.7. The molecule has 0 heterocycles. The van der Waals surface area contributed by atoms with E-state index >= 15 is 0 Å². The van der Waals surface area contributed by atoms with Crippen molar-refractivity contribution in [2.75, 3.05) is 7.11 Å². The normalized spacial score (nSPS) is 10.3. The second kappa shape index (κ2) is 4.09. The Morgan fingerprint density at radius 3 is 2.64 bits per heavy atom. The largest absolute Gasteiger partial charge is 0.490 e. The standard InChI is InChI=1S/C10H12NO3/c1-7(2)8-4-5-10(14-3)9(6-8)11(12)13/h4-7H,1H2,2-3H3. The second-order valence-electron chi connectivity index (χ2n) is 3.09. The third-order valence-electron chi connectivity index (χ3n) is 1.97. The highest BCUT2D eigenvalue weighted by atomic mass is 16.6. The van der Waals surface area contributed by atoms with Gasteiger partial charge in [-0.05, 0) is 24.5 Å². The van der Waals surface area contributed by atoms with E-state index in [2.05, 4.69) is 6.92 Å². The number of nitro groups is 1. The van der Waals surface area contributed by atoms with Crippen LogP contribution in [0.2, 0.25) is 0 Å². The molecule has 0 amide bonds. The third-order valence-corrected chi connectivity index (χ3v) is 1.97. The van der Waals surface area contributed by atoms with Gasteiger partial charge in [0.1, 0.15) is 0 Å². The fourth-order valence-corrected chi connectivity index (χ4v) is 1.16. The average Bonchev–Trinajstić information content (AvgIpc) is 2.16. The van der Waals surface area contributed by atoms with Crippen LogP contribution in [0.1, 0.15) is 18.4 Å². The van der Waals surface area contributed by atoms with Crippen LogP contribution in [0.5, 0.6) is 5.75 Å². The molecule has 1 atom stereocenters. The maximum Gasteiger partial charge on any atom is 0.311 e. The minimum Gasteiger partial charge on any atom is -0.490 e. The van der Waals surface area contributed by atoms with E-state index in [9.17, 15) is 10.1 Å². The summed E-state index contributed by atoms with van der Waals surface area (Å²) in [5.74, 6) is 0.305. The minimum absolute atomic E-state index is 0.0134. The molecule has 0 saturated carbocycles. The fourth-order valence-electron chi connectivity index (χ4n) is 1.16. The van der Waals surface area contributed by atoms with E-state index in [0.717, 1.165) is 5.56 Å². The van der Waals surface area contributed by atoms with Gasteiger partial charge in [0.2, 0.25) is 0 Å². The van der Waals surface area contributed by atoms with Gasteiger partial charge >= 0.3 is 5.69 Å². The predicted molar refractivity (Wildman–Crippen MR) is 53.4 cm³/mol. The smallest absolute Gasteiger partial charge is 0.311 e. The number of benzene rings is 1. The van der Waals surface area contributed by atoms with Crippen LogP contribution >= 0.6 is 0 Å². The Labute approximate surface area is 82.7 Å². The molecule has 0 aliphatic carbocycles. The van der Waals surface area contributed by atoms with Crippen LogP contribution in [0, 0.1) is 17.0 Å². The summed E-state index contributed by atoms with van der Waals surface area (Å²) in [4.78, 5) is 10.2. The van der Waals surface area contributed by atoms with E-state index in [1.165, 1.54) is 13.2 Å². The van der Waals surface area contributed by atoms with Crippen molar-refractivity contribution in [1.82, 2.24) is 0 Å². The molecule has 75 valence electrons. The highest BCUT2D eigenvalue weighted by Crippen LogP contribution is 2.29. The molecule has 0 spiro atoms. The van der Waals surface area contributed by atoms with Crippen molar-refractivity contribution in [3.63, 3.8) is 0 Å². The Balaban J connectivity index is 3.21. The Kier molecular flexibility index (Phi) is 3.06. The molecule has 4 heteroatoms. The van der Waals surface area contributed by atoms with E-state index in [1.54, 1.807) is 12.1 Å². The molecule has 1 radical (unpaired) electrons. The van der Waals surface area contributed by atoms with Crippen molar-refractivity contribution in [3.8, 4) is 5.75 Å². The molecule has 0 N–H and O–H groups in total. The van der Waals surface area contributed by atoms with Crippen LogP contribution in [0.15, 0.2) is 18.2 Å². The van der Waals surface area contributed by atoms with Gasteiger partial charge in [0, 0.05) is 6.07 Å². The van der Waals surface area contributed by atoms with Crippen LogP contribution in [0.3, 0.4) is 0 Å². The first-order valence-corrected chi connectivity index (χ1v) is 4.21. The van der Waals surface area contributed by atoms with Crippen molar-refractivity contribution in [2.45, 2.75) is 12.8 Å². The maximum absolute atomic E-state index is 10.7. The van der Waals surface area contributed by atoms with Crippen molar-refractivity contribution in [3.05, 3.63) is 40.8 Å². The molecule has 0 aromatic heterocycles.